The SMILES string of the molecule is CC1CCC(NC(=O)Cn2cc(N)cn2)C1. The second kappa shape index (κ2) is 4.55. The molecule has 1 saturated carbocycles. The van der Waals surface area contributed by atoms with Crippen molar-refractivity contribution in [3.8, 4) is 0 Å². The largest absolute Gasteiger partial charge is 0.396 e. The molecule has 16 heavy (non-hydrogen) atoms. The third kappa shape index (κ3) is 2.74. The number of aromatic nitrogens is 2. The molecule has 1 aliphatic carbocycles. The van der Waals surface area contributed by atoms with Crippen molar-refractivity contribution in [2.45, 2.75) is 38.8 Å². The van der Waals surface area contributed by atoms with E-state index in [0.717, 1.165) is 18.8 Å². The predicted octanol–water partition coefficient (Wildman–Crippen LogP) is 0.770. The number of nitrogens with two attached hydrogens (primary N) is 1. The fourth-order valence-electron chi connectivity index (χ4n) is 2.22. The van der Waals surface area contributed by atoms with E-state index in [1.54, 1.807) is 17.1 Å². The molecule has 5 heteroatoms. The molecule has 0 aliphatic heterocycles. The Morgan fingerprint density at radius 1 is 1.69 bits per heavy atom. The number of rotatable bonds is 3. The minimum absolute atomic E-state index is 0.0159. The minimum Gasteiger partial charge on any atom is -0.396 e. The second-order valence-corrected chi connectivity index (χ2v) is 4.65. The minimum atomic E-state index is 0.0159. The van der Waals surface area contributed by atoms with Gasteiger partial charge in [0.25, 0.3) is 0 Å². The van der Waals surface area contributed by atoms with Crippen LogP contribution in [-0.4, -0.2) is 21.7 Å². The maximum Gasteiger partial charge on any atom is 0.241 e. The van der Waals surface area contributed by atoms with Crippen molar-refractivity contribution in [2.24, 2.45) is 5.92 Å². The first-order valence-corrected chi connectivity index (χ1v) is 5.71. The van der Waals surface area contributed by atoms with Crippen LogP contribution in [0, 0.1) is 5.92 Å². The van der Waals surface area contributed by atoms with E-state index in [1.807, 2.05) is 0 Å². The van der Waals surface area contributed by atoms with Crippen LogP contribution in [0.3, 0.4) is 0 Å². The van der Waals surface area contributed by atoms with E-state index in [2.05, 4.69) is 17.3 Å². The van der Waals surface area contributed by atoms with Crippen LogP contribution in [-0.2, 0) is 11.3 Å². The molecule has 2 atom stereocenters. The maximum atomic E-state index is 11.7. The number of anilines is 1. The maximum absolute atomic E-state index is 11.7. The van der Waals surface area contributed by atoms with Crippen LogP contribution in [0.25, 0.3) is 0 Å². The molecule has 0 spiro atoms. The number of nitrogen functional groups attached to an aromatic ring is 1. The highest BCUT2D eigenvalue weighted by Crippen LogP contribution is 2.24. The fourth-order valence-corrected chi connectivity index (χ4v) is 2.22. The molecule has 2 rings (SSSR count). The normalized spacial score (nSPS) is 24.6. The molecule has 1 amide bonds. The lowest BCUT2D eigenvalue weighted by molar-refractivity contribution is -0.122. The van der Waals surface area contributed by atoms with Gasteiger partial charge in [0.2, 0.25) is 5.91 Å². The van der Waals surface area contributed by atoms with Gasteiger partial charge in [-0.1, -0.05) is 6.92 Å². The zero-order valence-electron chi connectivity index (χ0n) is 9.52. The molecule has 0 bridgehead atoms. The van der Waals surface area contributed by atoms with E-state index in [1.165, 1.54) is 6.42 Å². The molecule has 1 aliphatic rings. The van der Waals surface area contributed by atoms with Crippen LogP contribution in [0.5, 0.6) is 0 Å². The molecule has 1 aromatic rings. The first kappa shape index (κ1) is 11.0. The summed E-state index contributed by atoms with van der Waals surface area (Å²) in [6.45, 7) is 2.47. The molecule has 2 unspecified atom stereocenters. The third-order valence-electron chi connectivity index (χ3n) is 3.02. The molecule has 1 aromatic heterocycles. The van der Waals surface area contributed by atoms with E-state index in [-0.39, 0.29) is 12.5 Å². The van der Waals surface area contributed by atoms with Crippen molar-refractivity contribution >= 4 is 11.6 Å². The van der Waals surface area contributed by atoms with Crippen LogP contribution in [0.15, 0.2) is 12.4 Å². The van der Waals surface area contributed by atoms with Crippen molar-refractivity contribution in [1.29, 1.82) is 0 Å². The van der Waals surface area contributed by atoms with E-state index in [9.17, 15) is 4.79 Å². The summed E-state index contributed by atoms with van der Waals surface area (Å²) in [4.78, 5) is 11.7. The van der Waals surface area contributed by atoms with Crippen LogP contribution in [0.2, 0.25) is 0 Å². The number of carbonyl (C=O) groups excluding carboxylic acids is 1. The molecule has 1 fully saturated rings. The number of nitrogens with zero attached hydrogens (tertiary/aromatic N) is 2. The van der Waals surface area contributed by atoms with Crippen LogP contribution >= 0.6 is 0 Å². The summed E-state index contributed by atoms with van der Waals surface area (Å²) in [6, 6.07) is 0.343. The highest BCUT2D eigenvalue weighted by molar-refractivity contribution is 5.76. The Bertz CT molecular complexity index is 374. The van der Waals surface area contributed by atoms with Gasteiger partial charge in [-0.15, -0.1) is 0 Å². The van der Waals surface area contributed by atoms with Crippen molar-refractivity contribution in [1.82, 2.24) is 15.1 Å². The topological polar surface area (TPSA) is 72.9 Å². The van der Waals surface area contributed by atoms with Gasteiger partial charge in [0.15, 0.2) is 0 Å². The Labute approximate surface area is 95.0 Å². The average molecular weight is 222 g/mol. The Balaban J connectivity index is 1.80. The summed E-state index contributed by atoms with van der Waals surface area (Å²) < 4.78 is 1.56. The molecule has 3 N–H and O–H groups in total. The van der Waals surface area contributed by atoms with Crippen molar-refractivity contribution < 1.29 is 4.79 Å². The van der Waals surface area contributed by atoms with E-state index < -0.39 is 0 Å². The standard InChI is InChI=1S/C11H18N4O/c1-8-2-3-10(4-8)14-11(16)7-15-6-9(12)5-13-15/h5-6,8,10H,2-4,7,12H2,1H3,(H,14,16). The molecule has 88 valence electrons. The highest BCUT2D eigenvalue weighted by atomic mass is 16.2. The van der Waals surface area contributed by atoms with Gasteiger partial charge in [-0.25, -0.2) is 0 Å². The predicted molar refractivity (Wildman–Crippen MR) is 61.6 cm³/mol. The van der Waals surface area contributed by atoms with E-state index in [4.69, 9.17) is 5.73 Å². The smallest absolute Gasteiger partial charge is 0.241 e. The Morgan fingerprint density at radius 2 is 2.50 bits per heavy atom. The van der Waals surface area contributed by atoms with E-state index >= 15 is 0 Å². The summed E-state index contributed by atoms with van der Waals surface area (Å²) in [7, 11) is 0. The van der Waals surface area contributed by atoms with E-state index in [0.29, 0.717) is 11.7 Å². The third-order valence-corrected chi connectivity index (χ3v) is 3.02. The number of hydrogen-bond acceptors (Lipinski definition) is 3. The molecule has 0 saturated heterocycles. The Hall–Kier alpha value is -1.52. The number of nitrogens with one attached hydrogen (secondary N) is 1. The van der Waals surface area contributed by atoms with Gasteiger partial charge >= 0.3 is 0 Å². The average Bonchev–Trinajstić information content (AvgIpc) is 2.76. The lowest BCUT2D eigenvalue weighted by atomic mass is 10.1. The number of carbonyl (C=O) groups is 1. The molecule has 5 nitrogen and oxygen atoms in total. The van der Waals surface area contributed by atoms with Gasteiger partial charge in [-0.05, 0) is 25.2 Å². The molecular formula is C11H18N4O. The lowest BCUT2D eigenvalue weighted by Crippen LogP contribution is -2.35. The first-order valence-electron chi connectivity index (χ1n) is 5.71. The van der Waals surface area contributed by atoms with Crippen molar-refractivity contribution in [3.05, 3.63) is 12.4 Å². The van der Waals surface area contributed by atoms with Gasteiger partial charge < -0.3 is 11.1 Å². The second-order valence-electron chi connectivity index (χ2n) is 4.65. The van der Waals surface area contributed by atoms with Crippen LogP contribution < -0.4 is 11.1 Å². The summed E-state index contributed by atoms with van der Waals surface area (Å²) in [5, 5.41) is 7.00. The molecule has 1 heterocycles. The summed E-state index contributed by atoms with van der Waals surface area (Å²) in [6.07, 6.45) is 6.60. The van der Waals surface area contributed by atoms with Gasteiger partial charge in [-0.3, -0.25) is 9.48 Å². The van der Waals surface area contributed by atoms with Gasteiger partial charge in [0.05, 0.1) is 11.9 Å². The Morgan fingerprint density at radius 3 is 3.06 bits per heavy atom. The van der Waals surface area contributed by atoms with Gasteiger partial charge in [0.1, 0.15) is 6.54 Å². The summed E-state index contributed by atoms with van der Waals surface area (Å²) in [5.41, 5.74) is 6.11. The Kier molecular flexibility index (Phi) is 3.12. The monoisotopic (exact) mass is 222 g/mol. The lowest BCUT2D eigenvalue weighted by Gasteiger charge is -2.12. The molecule has 0 radical (unpaired) electrons. The first-order chi connectivity index (χ1) is 7.63. The zero-order chi connectivity index (χ0) is 11.5. The highest BCUT2D eigenvalue weighted by Gasteiger charge is 2.22. The molecular weight excluding hydrogens is 204 g/mol. The summed E-state index contributed by atoms with van der Waals surface area (Å²) in [5.74, 6) is 0.743. The van der Waals surface area contributed by atoms with Crippen LogP contribution in [0.1, 0.15) is 26.2 Å². The zero-order valence-corrected chi connectivity index (χ0v) is 9.52. The van der Waals surface area contributed by atoms with Crippen molar-refractivity contribution in [2.75, 3.05) is 5.73 Å². The number of amides is 1. The van der Waals surface area contributed by atoms with Gasteiger partial charge in [-0.2, -0.15) is 5.10 Å². The van der Waals surface area contributed by atoms with Crippen LogP contribution in [0.4, 0.5) is 5.69 Å². The van der Waals surface area contributed by atoms with Crippen molar-refractivity contribution in [3.63, 3.8) is 0 Å². The summed E-state index contributed by atoms with van der Waals surface area (Å²) >= 11 is 0. The quantitative estimate of drug-likeness (QED) is 0.793. The number of hydrogen-bond donors (Lipinski definition) is 2. The van der Waals surface area contributed by atoms with Gasteiger partial charge in [0, 0.05) is 12.2 Å². The fraction of sp³-hybridized carbons (Fsp3) is 0.636. The molecule has 0 aromatic carbocycles.